The lowest BCUT2D eigenvalue weighted by Crippen LogP contribution is -2.14. The third-order valence-electron chi connectivity index (χ3n) is 3.71. The monoisotopic (exact) mass is 340 g/mol. The molecular formula is C20H21ClN2O. The van der Waals surface area contributed by atoms with E-state index in [2.05, 4.69) is 53.3 Å². The van der Waals surface area contributed by atoms with E-state index in [1.165, 1.54) is 21.9 Å². The van der Waals surface area contributed by atoms with E-state index in [1.54, 1.807) is 12.3 Å². The fourth-order valence-corrected chi connectivity index (χ4v) is 2.62. The molecular weight excluding hydrogens is 320 g/mol. The van der Waals surface area contributed by atoms with Crippen molar-refractivity contribution in [3.63, 3.8) is 0 Å². The summed E-state index contributed by atoms with van der Waals surface area (Å²) >= 11 is 0. The number of pyridine rings is 1. The Kier molecular flexibility index (Phi) is 6.79. The fraction of sp³-hybridized carbons (Fsp3) is 0.150. The van der Waals surface area contributed by atoms with Crippen molar-refractivity contribution in [3.05, 3.63) is 84.7 Å². The number of hydrogen-bond donors (Lipinski definition) is 1. The maximum atomic E-state index is 5.83. The standard InChI is InChI=1S/C20H20N2O.ClH/c1-2-12-23-20-10-9-17-7-3-4-8-18(17)19(20)15-22-14-16-6-5-11-21-13-16;/h2-11,13,22H,1,12,14-15H2;1H. The minimum atomic E-state index is 0. The Hall–Kier alpha value is -2.36. The molecule has 0 aliphatic heterocycles. The third-order valence-corrected chi connectivity index (χ3v) is 3.71. The zero-order valence-corrected chi connectivity index (χ0v) is 14.3. The van der Waals surface area contributed by atoms with Crippen molar-refractivity contribution in [2.24, 2.45) is 0 Å². The summed E-state index contributed by atoms with van der Waals surface area (Å²) in [6, 6.07) is 16.5. The van der Waals surface area contributed by atoms with Crippen LogP contribution in [0, 0.1) is 0 Å². The highest BCUT2D eigenvalue weighted by Crippen LogP contribution is 2.28. The molecule has 3 nitrogen and oxygen atoms in total. The van der Waals surface area contributed by atoms with E-state index in [0.717, 1.165) is 18.8 Å². The average Bonchev–Trinajstić information content (AvgIpc) is 2.61. The summed E-state index contributed by atoms with van der Waals surface area (Å²) in [5.41, 5.74) is 2.34. The van der Waals surface area contributed by atoms with Crippen LogP contribution in [0.25, 0.3) is 10.8 Å². The van der Waals surface area contributed by atoms with Crippen molar-refractivity contribution >= 4 is 23.2 Å². The van der Waals surface area contributed by atoms with Crippen LogP contribution in [0.15, 0.2) is 73.6 Å². The Bertz CT molecular complexity index is 790. The predicted molar refractivity (Wildman–Crippen MR) is 102 cm³/mol. The third kappa shape index (κ3) is 4.34. The maximum Gasteiger partial charge on any atom is 0.124 e. The molecule has 3 rings (SSSR count). The minimum Gasteiger partial charge on any atom is -0.489 e. The number of ether oxygens (including phenoxy) is 1. The molecule has 4 heteroatoms. The molecule has 0 saturated heterocycles. The molecule has 1 aromatic heterocycles. The van der Waals surface area contributed by atoms with Gasteiger partial charge in [-0.3, -0.25) is 4.98 Å². The van der Waals surface area contributed by atoms with Crippen LogP contribution in [0.2, 0.25) is 0 Å². The molecule has 0 bridgehead atoms. The largest absolute Gasteiger partial charge is 0.489 e. The number of halogens is 1. The summed E-state index contributed by atoms with van der Waals surface area (Å²) in [4.78, 5) is 4.14. The highest BCUT2D eigenvalue weighted by atomic mass is 35.5. The molecule has 24 heavy (non-hydrogen) atoms. The molecule has 2 aromatic carbocycles. The second kappa shape index (κ2) is 9.06. The van der Waals surface area contributed by atoms with Crippen LogP contribution in [-0.4, -0.2) is 11.6 Å². The summed E-state index contributed by atoms with van der Waals surface area (Å²) < 4.78 is 5.83. The highest BCUT2D eigenvalue weighted by Gasteiger charge is 2.08. The first-order valence-corrected chi connectivity index (χ1v) is 7.72. The first kappa shape index (κ1) is 18.0. The predicted octanol–water partition coefficient (Wildman–Crippen LogP) is 4.51. The number of fused-ring (bicyclic) bond motifs is 1. The SMILES string of the molecule is C=CCOc1ccc2ccccc2c1CNCc1cccnc1.Cl. The second-order valence-electron chi connectivity index (χ2n) is 5.33. The van der Waals surface area contributed by atoms with Gasteiger partial charge in [-0.1, -0.05) is 49.1 Å². The van der Waals surface area contributed by atoms with Gasteiger partial charge in [0.25, 0.3) is 0 Å². The van der Waals surface area contributed by atoms with E-state index >= 15 is 0 Å². The summed E-state index contributed by atoms with van der Waals surface area (Å²) in [7, 11) is 0. The first-order valence-electron chi connectivity index (χ1n) is 7.72. The van der Waals surface area contributed by atoms with Gasteiger partial charge in [0.2, 0.25) is 0 Å². The quantitative estimate of drug-likeness (QED) is 0.642. The molecule has 3 aromatic rings. The van der Waals surface area contributed by atoms with Crippen LogP contribution < -0.4 is 10.1 Å². The van der Waals surface area contributed by atoms with Crippen LogP contribution in [0.5, 0.6) is 5.75 Å². The van der Waals surface area contributed by atoms with Crippen molar-refractivity contribution in [1.82, 2.24) is 10.3 Å². The highest BCUT2D eigenvalue weighted by molar-refractivity contribution is 5.87. The second-order valence-corrected chi connectivity index (χ2v) is 5.33. The van der Waals surface area contributed by atoms with E-state index in [1.807, 2.05) is 18.3 Å². The molecule has 0 saturated carbocycles. The molecule has 1 heterocycles. The minimum absolute atomic E-state index is 0. The number of nitrogens with zero attached hydrogens (tertiary/aromatic N) is 1. The van der Waals surface area contributed by atoms with Gasteiger partial charge in [-0.2, -0.15) is 0 Å². The summed E-state index contributed by atoms with van der Waals surface area (Å²) in [5, 5.41) is 5.92. The molecule has 1 N–H and O–H groups in total. The van der Waals surface area contributed by atoms with Gasteiger partial charge in [-0.05, 0) is 28.5 Å². The lowest BCUT2D eigenvalue weighted by molar-refractivity contribution is 0.358. The van der Waals surface area contributed by atoms with E-state index in [0.29, 0.717) is 6.61 Å². The topological polar surface area (TPSA) is 34.1 Å². The van der Waals surface area contributed by atoms with Crippen LogP contribution in [0.1, 0.15) is 11.1 Å². The zero-order valence-electron chi connectivity index (χ0n) is 13.4. The lowest BCUT2D eigenvalue weighted by atomic mass is 10.0. The van der Waals surface area contributed by atoms with Crippen molar-refractivity contribution in [2.45, 2.75) is 13.1 Å². The average molecular weight is 341 g/mol. The Morgan fingerprint density at radius 3 is 2.71 bits per heavy atom. The van der Waals surface area contributed by atoms with Gasteiger partial charge < -0.3 is 10.1 Å². The van der Waals surface area contributed by atoms with Gasteiger partial charge >= 0.3 is 0 Å². The van der Waals surface area contributed by atoms with Gasteiger partial charge in [0.1, 0.15) is 12.4 Å². The molecule has 0 aliphatic carbocycles. The molecule has 0 spiro atoms. The lowest BCUT2D eigenvalue weighted by Gasteiger charge is -2.14. The molecule has 0 radical (unpaired) electrons. The molecule has 0 unspecified atom stereocenters. The van der Waals surface area contributed by atoms with E-state index in [9.17, 15) is 0 Å². The number of hydrogen-bond acceptors (Lipinski definition) is 3. The van der Waals surface area contributed by atoms with Crippen molar-refractivity contribution in [1.29, 1.82) is 0 Å². The van der Waals surface area contributed by atoms with Crippen LogP contribution in [0.3, 0.4) is 0 Å². The molecule has 124 valence electrons. The van der Waals surface area contributed by atoms with Gasteiger partial charge in [0, 0.05) is 31.0 Å². The smallest absolute Gasteiger partial charge is 0.124 e. The van der Waals surface area contributed by atoms with Crippen LogP contribution >= 0.6 is 12.4 Å². The molecule has 0 amide bonds. The van der Waals surface area contributed by atoms with Gasteiger partial charge in [0.15, 0.2) is 0 Å². The number of rotatable bonds is 7. The van der Waals surface area contributed by atoms with Crippen LogP contribution in [0.4, 0.5) is 0 Å². The van der Waals surface area contributed by atoms with Crippen molar-refractivity contribution in [2.75, 3.05) is 6.61 Å². The number of benzene rings is 2. The summed E-state index contributed by atoms with van der Waals surface area (Å²) in [5.74, 6) is 0.905. The Labute approximate surface area is 148 Å². The van der Waals surface area contributed by atoms with E-state index in [4.69, 9.17) is 4.74 Å². The summed E-state index contributed by atoms with van der Waals surface area (Å²) in [6.45, 7) is 5.74. The van der Waals surface area contributed by atoms with E-state index in [-0.39, 0.29) is 12.4 Å². The number of aromatic nitrogens is 1. The van der Waals surface area contributed by atoms with Gasteiger partial charge in [-0.25, -0.2) is 0 Å². The first-order chi connectivity index (χ1) is 11.4. The Balaban J connectivity index is 0.00000208. The van der Waals surface area contributed by atoms with Crippen molar-refractivity contribution < 1.29 is 4.74 Å². The molecule has 0 fully saturated rings. The zero-order chi connectivity index (χ0) is 15.9. The normalized spacial score (nSPS) is 10.2. The molecule has 0 atom stereocenters. The van der Waals surface area contributed by atoms with Gasteiger partial charge in [-0.15, -0.1) is 12.4 Å². The van der Waals surface area contributed by atoms with Crippen LogP contribution in [-0.2, 0) is 13.1 Å². The maximum absolute atomic E-state index is 5.83. The number of nitrogens with one attached hydrogen (secondary N) is 1. The Morgan fingerprint density at radius 2 is 1.92 bits per heavy atom. The van der Waals surface area contributed by atoms with E-state index < -0.39 is 0 Å². The van der Waals surface area contributed by atoms with Gasteiger partial charge in [0.05, 0.1) is 0 Å². The summed E-state index contributed by atoms with van der Waals surface area (Å²) in [6.07, 6.45) is 5.43. The fourth-order valence-electron chi connectivity index (χ4n) is 2.62. The van der Waals surface area contributed by atoms with Crippen molar-refractivity contribution in [3.8, 4) is 5.75 Å². The molecule has 0 aliphatic rings. The Morgan fingerprint density at radius 1 is 1.04 bits per heavy atom.